The molecule has 3 rings (SSSR count). The van der Waals surface area contributed by atoms with Crippen LogP contribution in [-0.2, 0) is 17.6 Å². The van der Waals surface area contributed by atoms with Crippen LogP contribution in [-0.4, -0.2) is 23.1 Å². The predicted octanol–water partition coefficient (Wildman–Crippen LogP) is 5.37. The van der Waals surface area contributed by atoms with E-state index in [1.807, 2.05) is 31.7 Å². The third-order valence-corrected chi connectivity index (χ3v) is 5.46. The van der Waals surface area contributed by atoms with Crippen LogP contribution in [0.25, 0.3) is 0 Å². The average molecular weight is 449 g/mol. The summed E-state index contributed by atoms with van der Waals surface area (Å²) in [6, 6.07) is 16.8. The van der Waals surface area contributed by atoms with Crippen molar-refractivity contribution in [3.63, 3.8) is 0 Å². The molecule has 1 aliphatic rings. The van der Waals surface area contributed by atoms with Crippen molar-refractivity contribution in [3.05, 3.63) is 68.8 Å². The van der Waals surface area contributed by atoms with Crippen LogP contribution in [0.5, 0.6) is 0 Å². The second-order valence-electron chi connectivity index (χ2n) is 7.43. The zero-order valence-electron chi connectivity index (χ0n) is 15.0. The van der Waals surface area contributed by atoms with E-state index in [4.69, 9.17) is 4.74 Å². The third-order valence-electron chi connectivity index (χ3n) is 4.41. The van der Waals surface area contributed by atoms with Gasteiger partial charge in [-0.2, -0.15) is 0 Å². The van der Waals surface area contributed by atoms with Crippen LogP contribution in [0.15, 0.2) is 48.5 Å². The number of rotatable bonds is 2. The number of hydrogen-bond donors (Lipinski definition) is 0. The number of halogens is 1. The molecule has 132 valence electrons. The quantitative estimate of drug-likeness (QED) is 0.578. The highest BCUT2D eigenvalue weighted by molar-refractivity contribution is 14.1. The zero-order chi connectivity index (χ0) is 18.0. The maximum atomic E-state index is 12.8. The van der Waals surface area contributed by atoms with Crippen LogP contribution in [0.2, 0.25) is 0 Å². The molecule has 2 aromatic carbocycles. The van der Waals surface area contributed by atoms with Crippen molar-refractivity contribution in [1.29, 1.82) is 0 Å². The molecule has 1 aliphatic heterocycles. The van der Waals surface area contributed by atoms with Crippen LogP contribution >= 0.6 is 22.6 Å². The van der Waals surface area contributed by atoms with Gasteiger partial charge in [0.2, 0.25) is 0 Å². The van der Waals surface area contributed by atoms with Crippen molar-refractivity contribution in [2.24, 2.45) is 0 Å². The lowest BCUT2D eigenvalue weighted by atomic mass is 9.89. The molecule has 0 spiro atoms. The van der Waals surface area contributed by atoms with Crippen LogP contribution in [0.4, 0.5) is 4.79 Å². The van der Waals surface area contributed by atoms with Crippen molar-refractivity contribution < 1.29 is 9.53 Å². The highest BCUT2D eigenvalue weighted by Crippen LogP contribution is 2.34. The zero-order valence-corrected chi connectivity index (χ0v) is 17.1. The second kappa shape index (κ2) is 7.36. The molecule has 1 atom stereocenters. The van der Waals surface area contributed by atoms with Crippen molar-refractivity contribution in [1.82, 2.24) is 4.90 Å². The lowest BCUT2D eigenvalue weighted by molar-refractivity contribution is 0.0141. The fourth-order valence-corrected chi connectivity index (χ4v) is 3.89. The molecule has 0 saturated carbocycles. The summed E-state index contributed by atoms with van der Waals surface area (Å²) in [5, 5.41) is 0. The van der Waals surface area contributed by atoms with Gasteiger partial charge in [-0.3, -0.25) is 0 Å². The molecule has 0 fully saturated rings. The summed E-state index contributed by atoms with van der Waals surface area (Å²) < 4.78 is 6.90. The molecule has 0 aromatic heterocycles. The lowest BCUT2D eigenvalue weighted by Crippen LogP contribution is -2.43. The fraction of sp³-hybridized carbons (Fsp3) is 0.381. The van der Waals surface area contributed by atoms with Crippen molar-refractivity contribution in [2.45, 2.75) is 45.3 Å². The van der Waals surface area contributed by atoms with E-state index in [1.54, 1.807) is 0 Å². The molecular weight excluding hydrogens is 425 g/mol. The number of hydrogen-bond acceptors (Lipinski definition) is 2. The van der Waals surface area contributed by atoms with E-state index in [9.17, 15) is 4.79 Å². The number of ether oxygens (including phenoxy) is 1. The largest absolute Gasteiger partial charge is 0.444 e. The summed E-state index contributed by atoms with van der Waals surface area (Å²) >= 11 is 2.37. The number of fused-ring (bicyclic) bond motifs is 1. The Labute approximate surface area is 163 Å². The van der Waals surface area contributed by atoms with E-state index in [0.29, 0.717) is 6.54 Å². The van der Waals surface area contributed by atoms with Gasteiger partial charge < -0.3 is 9.64 Å². The Morgan fingerprint density at radius 3 is 2.56 bits per heavy atom. The molecular formula is C21H24INO2. The summed E-state index contributed by atoms with van der Waals surface area (Å²) in [6.07, 6.45) is 1.45. The Morgan fingerprint density at radius 1 is 1.16 bits per heavy atom. The summed E-state index contributed by atoms with van der Waals surface area (Å²) in [5.41, 5.74) is 3.34. The monoisotopic (exact) mass is 449 g/mol. The highest BCUT2D eigenvalue weighted by atomic mass is 127. The van der Waals surface area contributed by atoms with Gasteiger partial charge in [0.25, 0.3) is 0 Å². The highest BCUT2D eigenvalue weighted by Gasteiger charge is 2.33. The molecule has 1 heterocycles. The minimum absolute atomic E-state index is 0.00992. The van der Waals surface area contributed by atoms with Gasteiger partial charge in [-0.15, -0.1) is 0 Å². The van der Waals surface area contributed by atoms with E-state index in [-0.39, 0.29) is 12.1 Å². The Hall–Kier alpha value is -1.56. The molecule has 1 amide bonds. The van der Waals surface area contributed by atoms with Crippen molar-refractivity contribution in [3.8, 4) is 0 Å². The van der Waals surface area contributed by atoms with Gasteiger partial charge >= 0.3 is 6.09 Å². The maximum Gasteiger partial charge on any atom is 0.410 e. The van der Waals surface area contributed by atoms with Crippen LogP contribution in [0.1, 0.15) is 43.5 Å². The first-order valence-electron chi connectivity index (χ1n) is 8.66. The molecule has 0 bridgehead atoms. The van der Waals surface area contributed by atoms with E-state index in [2.05, 4.69) is 65.1 Å². The Balaban J connectivity index is 1.95. The molecule has 2 aromatic rings. The first kappa shape index (κ1) is 18.2. The SMILES string of the molecule is CC(C)(C)OC(=O)N1CCc2ccccc2C1Cc1ccccc1I. The molecule has 0 radical (unpaired) electrons. The van der Waals surface area contributed by atoms with Gasteiger partial charge in [0.15, 0.2) is 0 Å². The van der Waals surface area contributed by atoms with Crippen LogP contribution in [0.3, 0.4) is 0 Å². The molecule has 4 heteroatoms. The first-order chi connectivity index (χ1) is 11.8. The maximum absolute atomic E-state index is 12.8. The number of carbonyl (C=O) groups excluding carboxylic acids is 1. The molecule has 25 heavy (non-hydrogen) atoms. The molecule has 3 nitrogen and oxygen atoms in total. The smallest absolute Gasteiger partial charge is 0.410 e. The summed E-state index contributed by atoms with van der Waals surface area (Å²) in [6.45, 7) is 6.44. The van der Waals surface area contributed by atoms with E-state index in [1.165, 1.54) is 20.3 Å². The standard InChI is InChI=1S/C21H24INO2/c1-21(2,3)25-20(24)23-13-12-15-8-4-6-10-17(15)19(23)14-16-9-5-7-11-18(16)22/h4-11,19H,12-14H2,1-3H3. The van der Waals surface area contributed by atoms with Gasteiger partial charge in [-0.25, -0.2) is 4.79 Å². The third kappa shape index (κ3) is 4.35. The fourth-order valence-electron chi connectivity index (χ4n) is 3.28. The minimum atomic E-state index is -0.486. The van der Waals surface area contributed by atoms with Gasteiger partial charge in [-0.05, 0) is 79.0 Å². The molecule has 0 N–H and O–H groups in total. The molecule has 1 unspecified atom stereocenters. The van der Waals surface area contributed by atoms with Crippen LogP contribution < -0.4 is 0 Å². The number of amides is 1. The first-order valence-corrected chi connectivity index (χ1v) is 9.74. The molecule has 0 aliphatic carbocycles. The average Bonchev–Trinajstić information content (AvgIpc) is 2.55. The van der Waals surface area contributed by atoms with Crippen molar-refractivity contribution in [2.75, 3.05) is 6.54 Å². The van der Waals surface area contributed by atoms with E-state index in [0.717, 1.165) is 12.8 Å². The molecule has 0 saturated heterocycles. The van der Waals surface area contributed by atoms with Gasteiger partial charge in [-0.1, -0.05) is 42.5 Å². The normalized spacial score (nSPS) is 17.1. The van der Waals surface area contributed by atoms with E-state index < -0.39 is 5.60 Å². The Bertz CT molecular complexity index is 766. The number of nitrogens with zero attached hydrogens (tertiary/aromatic N) is 1. The van der Waals surface area contributed by atoms with Gasteiger partial charge in [0.1, 0.15) is 5.60 Å². The van der Waals surface area contributed by atoms with Gasteiger partial charge in [0, 0.05) is 10.1 Å². The lowest BCUT2D eigenvalue weighted by Gasteiger charge is -2.38. The Kier molecular flexibility index (Phi) is 5.37. The minimum Gasteiger partial charge on any atom is -0.444 e. The topological polar surface area (TPSA) is 29.5 Å². The predicted molar refractivity (Wildman–Crippen MR) is 109 cm³/mol. The number of carbonyl (C=O) groups is 1. The second-order valence-corrected chi connectivity index (χ2v) is 8.60. The Morgan fingerprint density at radius 2 is 1.84 bits per heavy atom. The summed E-state index contributed by atoms with van der Waals surface area (Å²) in [7, 11) is 0. The van der Waals surface area contributed by atoms with Gasteiger partial charge in [0.05, 0.1) is 6.04 Å². The summed E-state index contributed by atoms with van der Waals surface area (Å²) in [4.78, 5) is 14.7. The summed E-state index contributed by atoms with van der Waals surface area (Å²) in [5.74, 6) is 0. The van der Waals surface area contributed by atoms with E-state index >= 15 is 0 Å². The number of benzene rings is 2. The van der Waals surface area contributed by atoms with Crippen molar-refractivity contribution >= 4 is 28.7 Å². The van der Waals surface area contributed by atoms with Crippen LogP contribution in [0, 0.1) is 3.57 Å².